The van der Waals surface area contributed by atoms with Crippen LogP contribution in [-0.4, -0.2) is 51.4 Å². The molecule has 34 heavy (non-hydrogen) atoms. The number of para-hydroxylation sites is 2. The summed E-state index contributed by atoms with van der Waals surface area (Å²) in [5, 5.41) is 19.8. The molecule has 8 nitrogen and oxygen atoms in total. The van der Waals surface area contributed by atoms with Gasteiger partial charge in [-0.15, -0.1) is 0 Å². The van der Waals surface area contributed by atoms with E-state index >= 15 is 0 Å². The molecular weight excluding hydrogens is 440 g/mol. The largest absolute Gasteiger partial charge is 0.493 e. The Bertz CT molecular complexity index is 1070. The van der Waals surface area contributed by atoms with Crippen LogP contribution in [0.15, 0.2) is 60.7 Å². The van der Waals surface area contributed by atoms with Gasteiger partial charge in [0.2, 0.25) is 0 Å². The molecule has 0 saturated carbocycles. The highest BCUT2D eigenvalue weighted by atomic mass is 16.6. The van der Waals surface area contributed by atoms with Gasteiger partial charge in [0, 0.05) is 5.56 Å². The van der Waals surface area contributed by atoms with Crippen molar-refractivity contribution in [3.05, 3.63) is 71.8 Å². The van der Waals surface area contributed by atoms with E-state index in [1.54, 1.807) is 63.8 Å². The highest BCUT2D eigenvalue weighted by Gasteiger charge is 2.30. The molecule has 0 fully saturated rings. The number of benzene rings is 3. The Labute approximate surface area is 199 Å². The fourth-order valence-electron chi connectivity index (χ4n) is 3.51. The minimum atomic E-state index is -0.823. The smallest absolute Gasteiger partial charge is 0.163 e. The molecule has 0 aromatic heterocycles. The van der Waals surface area contributed by atoms with Gasteiger partial charge in [-0.25, -0.2) is 0 Å². The Morgan fingerprint density at radius 2 is 1.18 bits per heavy atom. The van der Waals surface area contributed by atoms with Crippen molar-refractivity contribution in [2.24, 2.45) is 0 Å². The summed E-state index contributed by atoms with van der Waals surface area (Å²) in [4.78, 5) is 0. The first kappa shape index (κ1) is 25.0. The molecule has 2 atom stereocenters. The van der Waals surface area contributed by atoms with E-state index in [2.05, 4.69) is 0 Å². The zero-order valence-corrected chi connectivity index (χ0v) is 19.7. The van der Waals surface area contributed by atoms with Crippen LogP contribution in [-0.2, 0) is 6.61 Å². The molecule has 0 bridgehead atoms. The number of hydrogen-bond donors (Lipinski definition) is 2. The predicted octanol–water partition coefficient (Wildman–Crippen LogP) is 3.77. The van der Waals surface area contributed by atoms with Crippen LogP contribution >= 0.6 is 0 Å². The molecule has 0 aliphatic rings. The van der Waals surface area contributed by atoms with Crippen LogP contribution in [0.5, 0.6) is 34.5 Å². The molecule has 0 unspecified atom stereocenters. The second-order valence-electron chi connectivity index (χ2n) is 7.29. The molecule has 0 aliphatic carbocycles. The van der Waals surface area contributed by atoms with Gasteiger partial charge < -0.3 is 38.6 Å². The quantitative estimate of drug-likeness (QED) is 0.413. The van der Waals surface area contributed by atoms with Gasteiger partial charge in [-0.1, -0.05) is 24.3 Å². The van der Waals surface area contributed by atoms with Crippen LogP contribution in [0.3, 0.4) is 0 Å². The predicted molar refractivity (Wildman–Crippen MR) is 126 cm³/mol. The third kappa shape index (κ3) is 5.65. The molecule has 0 heterocycles. The summed E-state index contributed by atoms with van der Waals surface area (Å²) in [6, 6.07) is 17.6. The summed E-state index contributed by atoms with van der Waals surface area (Å²) in [5.74, 6) is 2.90. The van der Waals surface area contributed by atoms with Gasteiger partial charge in [-0.2, -0.15) is 0 Å². The van der Waals surface area contributed by atoms with Gasteiger partial charge in [0.1, 0.15) is 0 Å². The van der Waals surface area contributed by atoms with Crippen molar-refractivity contribution in [1.82, 2.24) is 0 Å². The van der Waals surface area contributed by atoms with Crippen molar-refractivity contribution in [2.75, 3.05) is 35.0 Å². The van der Waals surface area contributed by atoms with Crippen LogP contribution in [0.2, 0.25) is 0 Å². The van der Waals surface area contributed by atoms with Gasteiger partial charge in [0.25, 0.3) is 0 Å². The van der Waals surface area contributed by atoms with E-state index in [1.165, 1.54) is 7.11 Å². The summed E-state index contributed by atoms with van der Waals surface area (Å²) in [5.41, 5.74) is 1.36. The molecule has 0 radical (unpaired) electrons. The molecule has 3 rings (SSSR count). The summed E-state index contributed by atoms with van der Waals surface area (Å²) < 4.78 is 34.2. The van der Waals surface area contributed by atoms with Crippen molar-refractivity contribution >= 4 is 0 Å². The number of methoxy groups -OCH3 is 4. The molecule has 0 amide bonds. The van der Waals surface area contributed by atoms with Gasteiger partial charge in [0.15, 0.2) is 46.7 Å². The van der Waals surface area contributed by atoms with E-state index in [-0.39, 0.29) is 13.2 Å². The zero-order valence-electron chi connectivity index (χ0n) is 19.7. The maximum atomic E-state index is 10.3. The van der Waals surface area contributed by atoms with Crippen molar-refractivity contribution in [3.63, 3.8) is 0 Å². The standard InChI is InChI=1S/C26H30O8/c1-29-19-7-5-6-8-21(19)33-25(16-28)26(18-10-12-20(30-2)24(14-18)32-4)34-22-11-9-17(15-27)13-23(22)31-3/h5-14,25-28H,15-16H2,1-4H3/t25-,26+/m1/s1. The first-order valence-electron chi connectivity index (χ1n) is 10.6. The third-order valence-electron chi connectivity index (χ3n) is 5.27. The maximum Gasteiger partial charge on any atom is 0.163 e. The van der Waals surface area contributed by atoms with Gasteiger partial charge >= 0.3 is 0 Å². The number of ether oxygens (including phenoxy) is 6. The minimum Gasteiger partial charge on any atom is -0.493 e. The van der Waals surface area contributed by atoms with Gasteiger partial charge in [-0.05, 0) is 42.0 Å². The average Bonchev–Trinajstić information content (AvgIpc) is 2.90. The molecule has 0 spiro atoms. The fraction of sp³-hybridized carbons (Fsp3) is 0.308. The molecule has 3 aromatic rings. The maximum absolute atomic E-state index is 10.3. The summed E-state index contributed by atoms with van der Waals surface area (Å²) in [6.45, 7) is -0.486. The molecule has 2 N–H and O–H groups in total. The van der Waals surface area contributed by atoms with E-state index in [0.717, 1.165) is 0 Å². The van der Waals surface area contributed by atoms with Gasteiger partial charge in [0.05, 0.1) is 41.7 Å². The summed E-state index contributed by atoms with van der Waals surface area (Å²) in [6.07, 6.45) is -1.60. The lowest BCUT2D eigenvalue weighted by Gasteiger charge is -2.29. The van der Waals surface area contributed by atoms with Crippen LogP contribution in [0.25, 0.3) is 0 Å². The van der Waals surface area contributed by atoms with Crippen molar-refractivity contribution in [2.45, 2.75) is 18.8 Å². The third-order valence-corrected chi connectivity index (χ3v) is 5.27. The molecule has 182 valence electrons. The number of hydrogen-bond acceptors (Lipinski definition) is 8. The Hall–Kier alpha value is -3.62. The van der Waals surface area contributed by atoms with Crippen LogP contribution in [0.1, 0.15) is 17.2 Å². The van der Waals surface area contributed by atoms with Crippen LogP contribution in [0, 0.1) is 0 Å². The van der Waals surface area contributed by atoms with Crippen LogP contribution in [0.4, 0.5) is 0 Å². The topological polar surface area (TPSA) is 95.8 Å². The Kier molecular flexibility index (Phi) is 8.84. The molecule has 0 aliphatic heterocycles. The second kappa shape index (κ2) is 12.0. The van der Waals surface area contributed by atoms with E-state index < -0.39 is 12.2 Å². The van der Waals surface area contributed by atoms with Crippen molar-refractivity contribution in [3.8, 4) is 34.5 Å². The SMILES string of the molecule is COc1ccc([C@H](Oc2ccc(CO)cc2OC)[C@@H](CO)Oc2ccccc2OC)cc1OC. The van der Waals surface area contributed by atoms with Crippen molar-refractivity contribution < 1.29 is 38.6 Å². The summed E-state index contributed by atoms with van der Waals surface area (Å²) in [7, 11) is 6.17. The van der Waals surface area contributed by atoms with Gasteiger partial charge in [-0.3, -0.25) is 0 Å². The molecule has 8 heteroatoms. The highest BCUT2D eigenvalue weighted by Crippen LogP contribution is 2.38. The molecular formula is C26H30O8. The Balaban J connectivity index is 2.05. The minimum absolute atomic E-state index is 0.133. The number of rotatable bonds is 12. The Morgan fingerprint density at radius 3 is 1.79 bits per heavy atom. The Morgan fingerprint density at radius 1 is 0.618 bits per heavy atom. The van der Waals surface area contributed by atoms with Crippen molar-refractivity contribution in [1.29, 1.82) is 0 Å². The lowest BCUT2D eigenvalue weighted by Crippen LogP contribution is -2.33. The highest BCUT2D eigenvalue weighted by molar-refractivity contribution is 5.46. The summed E-state index contributed by atoms with van der Waals surface area (Å²) >= 11 is 0. The number of aliphatic hydroxyl groups is 2. The second-order valence-corrected chi connectivity index (χ2v) is 7.29. The van der Waals surface area contributed by atoms with E-state index in [0.29, 0.717) is 45.6 Å². The van der Waals surface area contributed by atoms with Crippen LogP contribution < -0.4 is 28.4 Å². The lowest BCUT2D eigenvalue weighted by molar-refractivity contribution is 0.0121. The average molecular weight is 471 g/mol. The number of aliphatic hydroxyl groups excluding tert-OH is 2. The van der Waals surface area contributed by atoms with E-state index in [4.69, 9.17) is 28.4 Å². The fourth-order valence-corrected chi connectivity index (χ4v) is 3.51. The molecule has 0 saturated heterocycles. The first-order chi connectivity index (χ1) is 16.6. The monoisotopic (exact) mass is 470 g/mol. The lowest BCUT2D eigenvalue weighted by atomic mass is 10.0. The zero-order chi connectivity index (χ0) is 24.5. The van der Waals surface area contributed by atoms with E-state index in [9.17, 15) is 10.2 Å². The first-order valence-corrected chi connectivity index (χ1v) is 10.6. The molecule has 3 aromatic carbocycles. The normalized spacial score (nSPS) is 12.4. The van der Waals surface area contributed by atoms with E-state index in [1.807, 2.05) is 18.2 Å².